The SMILES string of the molecule is Cc1cc(-c2nc3cc(C=O)ccc3n2C[C@@H]2CCCO2)cn(C)c1=O. The first-order valence-corrected chi connectivity index (χ1v) is 8.81. The van der Waals surface area contributed by atoms with Gasteiger partial charge >= 0.3 is 0 Å². The van der Waals surface area contributed by atoms with E-state index in [1.165, 1.54) is 0 Å². The summed E-state index contributed by atoms with van der Waals surface area (Å²) in [6, 6.07) is 7.40. The van der Waals surface area contributed by atoms with Crippen LogP contribution in [0.15, 0.2) is 35.3 Å². The molecular weight excluding hydrogens is 330 g/mol. The predicted octanol–water partition coefficient (Wildman–Crippen LogP) is 2.70. The zero-order valence-electron chi connectivity index (χ0n) is 14.9. The van der Waals surface area contributed by atoms with Crippen molar-refractivity contribution in [3.8, 4) is 11.4 Å². The molecule has 0 aliphatic carbocycles. The van der Waals surface area contributed by atoms with Gasteiger partial charge in [0.1, 0.15) is 12.1 Å². The first kappa shape index (κ1) is 16.7. The monoisotopic (exact) mass is 351 g/mol. The molecule has 0 bridgehead atoms. The van der Waals surface area contributed by atoms with Crippen LogP contribution in [-0.2, 0) is 18.3 Å². The molecule has 0 saturated carbocycles. The number of aryl methyl sites for hydroxylation is 2. The zero-order chi connectivity index (χ0) is 18.3. The minimum atomic E-state index is -0.0150. The first-order chi connectivity index (χ1) is 12.6. The Morgan fingerprint density at radius 1 is 1.35 bits per heavy atom. The number of carbonyl (C=O) groups is 1. The van der Waals surface area contributed by atoms with Crippen molar-refractivity contribution in [2.24, 2.45) is 7.05 Å². The van der Waals surface area contributed by atoms with Gasteiger partial charge in [0, 0.05) is 36.5 Å². The second kappa shape index (κ2) is 6.53. The van der Waals surface area contributed by atoms with Crippen LogP contribution in [0.5, 0.6) is 0 Å². The summed E-state index contributed by atoms with van der Waals surface area (Å²) in [6.07, 6.45) is 4.89. The van der Waals surface area contributed by atoms with Gasteiger partial charge < -0.3 is 13.9 Å². The summed E-state index contributed by atoms with van der Waals surface area (Å²) in [5, 5.41) is 0. The average molecular weight is 351 g/mol. The Kier molecular flexibility index (Phi) is 4.20. The summed E-state index contributed by atoms with van der Waals surface area (Å²) in [4.78, 5) is 28.0. The summed E-state index contributed by atoms with van der Waals surface area (Å²) in [5.41, 5.74) is 3.88. The Morgan fingerprint density at radius 3 is 2.88 bits per heavy atom. The molecule has 6 nitrogen and oxygen atoms in total. The van der Waals surface area contributed by atoms with E-state index in [2.05, 4.69) is 4.57 Å². The van der Waals surface area contributed by atoms with Crippen LogP contribution in [0, 0.1) is 6.92 Å². The van der Waals surface area contributed by atoms with Gasteiger partial charge in [0.15, 0.2) is 0 Å². The molecule has 2 aromatic heterocycles. The molecule has 0 amide bonds. The number of imidazole rings is 1. The van der Waals surface area contributed by atoms with Crippen molar-refractivity contribution >= 4 is 17.3 Å². The Labute approximate surface area is 151 Å². The Morgan fingerprint density at radius 2 is 2.19 bits per heavy atom. The van der Waals surface area contributed by atoms with Gasteiger partial charge in [-0.3, -0.25) is 9.59 Å². The standard InChI is InChI=1S/C20H21N3O3/c1-13-8-15(10-22(2)20(13)25)19-21-17-9-14(12-24)5-6-18(17)23(19)11-16-4-3-7-26-16/h5-6,8-10,12,16H,3-4,7,11H2,1-2H3/t16-/m0/s1. The van der Waals surface area contributed by atoms with E-state index in [9.17, 15) is 9.59 Å². The maximum Gasteiger partial charge on any atom is 0.253 e. The number of benzene rings is 1. The molecule has 1 fully saturated rings. The van der Waals surface area contributed by atoms with Crippen LogP contribution in [0.4, 0.5) is 0 Å². The summed E-state index contributed by atoms with van der Waals surface area (Å²) in [7, 11) is 1.75. The molecule has 26 heavy (non-hydrogen) atoms. The highest BCUT2D eigenvalue weighted by Crippen LogP contribution is 2.27. The smallest absolute Gasteiger partial charge is 0.253 e. The number of ether oxygens (including phenoxy) is 1. The quantitative estimate of drug-likeness (QED) is 0.678. The van der Waals surface area contributed by atoms with E-state index in [0.717, 1.165) is 48.2 Å². The van der Waals surface area contributed by atoms with Crippen molar-refractivity contribution in [3.05, 3.63) is 51.9 Å². The maximum atomic E-state index is 12.0. The van der Waals surface area contributed by atoms with Gasteiger partial charge in [0.25, 0.3) is 5.56 Å². The highest BCUT2D eigenvalue weighted by atomic mass is 16.5. The Hall–Kier alpha value is -2.73. The molecule has 0 radical (unpaired) electrons. The normalized spacial score (nSPS) is 17.1. The molecule has 3 heterocycles. The van der Waals surface area contributed by atoms with Gasteiger partial charge in [-0.05, 0) is 44.0 Å². The second-order valence-electron chi connectivity index (χ2n) is 6.87. The topological polar surface area (TPSA) is 66.1 Å². The number of aromatic nitrogens is 3. The Balaban J connectivity index is 1.91. The van der Waals surface area contributed by atoms with Crippen LogP contribution >= 0.6 is 0 Å². The van der Waals surface area contributed by atoms with Gasteiger partial charge in [-0.2, -0.15) is 0 Å². The molecule has 0 unspecified atom stereocenters. The highest BCUT2D eigenvalue weighted by molar-refractivity contribution is 5.87. The van der Waals surface area contributed by atoms with Gasteiger partial charge in [0.05, 0.1) is 23.7 Å². The molecule has 0 N–H and O–H groups in total. The van der Waals surface area contributed by atoms with E-state index in [1.807, 2.05) is 25.3 Å². The highest BCUT2D eigenvalue weighted by Gasteiger charge is 2.21. The number of pyridine rings is 1. The van der Waals surface area contributed by atoms with Gasteiger partial charge in [-0.25, -0.2) is 4.98 Å². The van der Waals surface area contributed by atoms with Crippen LogP contribution < -0.4 is 5.56 Å². The summed E-state index contributed by atoms with van der Waals surface area (Å²) >= 11 is 0. The minimum Gasteiger partial charge on any atom is -0.376 e. The third-order valence-corrected chi connectivity index (χ3v) is 4.94. The zero-order valence-corrected chi connectivity index (χ0v) is 14.9. The Bertz CT molecular complexity index is 1020. The van der Waals surface area contributed by atoms with E-state index in [-0.39, 0.29) is 11.7 Å². The van der Waals surface area contributed by atoms with E-state index in [4.69, 9.17) is 9.72 Å². The lowest BCUT2D eigenvalue weighted by molar-refractivity contribution is 0.0982. The number of hydrogen-bond donors (Lipinski definition) is 0. The van der Waals surface area contributed by atoms with Crippen molar-refractivity contribution in [2.45, 2.75) is 32.4 Å². The molecular formula is C20H21N3O3. The molecule has 4 rings (SSSR count). The average Bonchev–Trinajstić information content (AvgIpc) is 3.27. The number of nitrogens with zero attached hydrogens (tertiary/aromatic N) is 3. The number of fused-ring (bicyclic) bond motifs is 1. The van der Waals surface area contributed by atoms with Gasteiger partial charge in [-0.15, -0.1) is 0 Å². The molecule has 1 aromatic carbocycles. The molecule has 1 aliphatic heterocycles. The van der Waals surface area contributed by atoms with E-state index in [1.54, 1.807) is 23.7 Å². The van der Waals surface area contributed by atoms with E-state index < -0.39 is 0 Å². The maximum absolute atomic E-state index is 12.0. The minimum absolute atomic E-state index is 0.0150. The predicted molar refractivity (Wildman–Crippen MR) is 99.5 cm³/mol. The number of hydrogen-bond acceptors (Lipinski definition) is 4. The molecule has 0 spiro atoms. The van der Waals surface area contributed by atoms with Crippen LogP contribution in [0.3, 0.4) is 0 Å². The van der Waals surface area contributed by atoms with Crippen molar-refractivity contribution in [1.29, 1.82) is 0 Å². The number of rotatable bonds is 4. The van der Waals surface area contributed by atoms with Crippen LogP contribution in [0.1, 0.15) is 28.8 Å². The third kappa shape index (κ3) is 2.86. The largest absolute Gasteiger partial charge is 0.376 e. The van der Waals surface area contributed by atoms with Crippen LogP contribution in [0.2, 0.25) is 0 Å². The van der Waals surface area contributed by atoms with Crippen LogP contribution in [-0.4, -0.2) is 33.1 Å². The molecule has 1 saturated heterocycles. The lowest BCUT2D eigenvalue weighted by Gasteiger charge is -2.15. The molecule has 1 atom stereocenters. The lowest BCUT2D eigenvalue weighted by Crippen LogP contribution is -2.20. The third-order valence-electron chi connectivity index (χ3n) is 4.94. The van der Waals surface area contributed by atoms with Gasteiger partial charge in [-0.1, -0.05) is 0 Å². The van der Waals surface area contributed by atoms with Gasteiger partial charge in [0.2, 0.25) is 0 Å². The van der Waals surface area contributed by atoms with Crippen molar-refractivity contribution < 1.29 is 9.53 Å². The molecule has 1 aliphatic rings. The van der Waals surface area contributed by atoms with E-state index >= 15 is 0 Å². The summed E-state index contributed by atoms with van der Waals surface area (Å²) in [6.45, 7) is 3.30. The van der Waals surface area contributed by atoms with E-state index in [0.29, 0.717) is 17.7 Å². The molecule has 6 heteroatoms. The fourth-order valence-electron chi connectivity index (χ4n) is 3.62. The second-order valence-corrected chi connectivity index (χ2v) is 6.87. The fourth-order valence-corrected chi connectivity index (χ4v) is 3.62. The van der Waals surface area contributed by atoms with Crippen molar-refractivity contribution in [1.82, 2.24) is 14.1 Å². The lowest BCUT2D eigenvalue weighted by atomic mass is 10.2. The van der Waals surface area contributed by atoms with Crippen molar-refractivity contribution in [2.75, 3.05) is 6.61 Å². The van der Waals surface area contributed by atoms with Crippen LogP contribution in [0.25, 0.3) is 22.4 Å². The summed E-state index contributed by atoms with van der Waals surface area (Å²) < 4.78 is 9.54. The molecule has 134 valence electrons. The fraction of sp³-hybridized carbons (Fsp3) is 0.350. The number of carbonyl (C=O) groups excluding carboxylic acids is 1. The number of aldehydes is 1. The first-order valence-electron chi connectivity index (χ1n) is 8.81. The van der Waals surface area contributed by atoms with Crippen molar-refractivity contribution in [3.63, 3.8) is 0 Å². The molecule has 3 aromatic rings. The summed E-state index contributed by atoms with van der Waals surface area (Å²) in [5.74, 6) is 0.789.